The number of carbonyl (C=O) groups is 1. The summed E-state index contributed by atoms with van der Waals surface area (Å²) in [6.45, 7) is 4.98. The summed E-state index contributed by atoms with van der Waals surface area (Å²) in [7, 11) is 0. The topological polar surface area (TPSA) is 54.5 Å². The van der Waals surface area contributed by atoms with Gasteiger partial charge in [0.2, 0.25) is 5.95 Å². The largest absolute Gasteiger partial charge is 0.379 e. The zero-order valence-corrected chi connectivity index (χ0v) is 10.8. The molecule has 1 N–H and O–H groups in total. The number of aromatic nitrogens is 1. The van der Waals surface area contributed by atoms with Gasteiger partial charge in [0, 0.05) is 37.5 Å². The summed E-state index contributed by atoms with van der Waals surface area (Å²) in [5, 5.41) is 2.77. The second-order valence-corrected chi connectivity index (χ2v) is 4.43. The van der Waals surface area contributed by atoms with Crippen molar-refractivity contribution in [3.8, 4) is 0 Å². The van der Waals surface area contributed by atoms with E-state index >= 15 is 0 Å². The van der Waals surface area contributed by atoms with E-state index in [1.807, 2.05) is 0 Å². The standard InChI is InChI=1S/C13H18FN3O2/c14-12-10-11(2-4-15-12)13(18)16-3-1-5-17-6-8-19-9-7-17/h2,4,10H,1,3,5-9H2,(H,16,18). The van der Waals surface area contributed by atoms with Crippen LogP contribution in [-0.4, -0.2) is 55.2 Å². The number of amides is 1. The van der Waals surface area contributed by atoms with Crippen LogP contribution in [0.15, 0.2) is 18.3 Å². The van der Waals surface area contributed by atoms with Gasteiger partial charge in [-0.1, -0.05) is 0 Å². The summed E-state index contributed by atoms with van der Waals surface area (Å²) in [5.41, 5.74) is 0.305. The summed E-state index contributed by atoms with van der Waals surface area (Å²) < 4.78 is 18.1. The molecule has 2 heterocycles. The van der Waals surface area contributed by atoms with Crippen LogP contribution in [0.3, 0.4) is 0 Å². The molecule has 1 saturated heterocycles. The van der Waals surface area contributed by atoms with E-state index in [0.29, 0.717) is 12.1 Å². The lowest BCUT2D eigenvalue weighted by Gasteiger charge is -2.26. The Morgan fingerprint density at radius 3 is 3.00 bits per heavy atom. The molecular formula is C13H18FN3O2. The lowest BCUT2D eigenvalue weighted by atomic mass is 10.2. The molecule has 0 unspecified atom stereocenters. The lowest BCUT2D eigenvalue weighted by molar-refractivity contribution is 0.0374. The Labute approximate surface area is 111 Å². The molecule has 6 heteroatoms. The second kappa shape index (κ2) is 7.16. The van der Waals surface area contributed by atoms with Gasteiger partial charge >= 0.3 is 0 Å². The Bertz CT molecular complexity index is 422. The first kappa shape index (κ1) is 13.9. The van der Waals surface area contributed by atoms with Gasteiger partial charge in [0.25, 0.3) is 5.91 Å². The summed E-state index contributed by atoms with van der Waals surface area (Å²) in [5.74, 6) is -0.899. The third-order valence-electron chi connectivity index (χ3n) is 3.03. The average Bonchev–Trinajstić information content (AvgIpc) is 2.44. The first-order valence-electron chi connectivity index (χ1n) is 6.45. The van der Waals surface area contributed by atoms with Gasteiger partial charge in [-0.15, -0.1) is 0 Å². The quantitative estimate of drug-likeness (QED) is 0.629. The van der Waals surface area contributed by atoms with E-state index in [-0.39, 0.29) is 5.91 Å². The van der Waals surface area contributed by atoms with Gasteiger partial charge in [0.1, 0.15) is 0 Å². The third-order valence-corrected chi connectivity index (χ3v) is 3.03. The van der Waals surface area contributed by atoms with E-state index in [0.717, 1.165) is 45.3 Å². The fourth-order valence-corrected chi connectivity index (χ4v) is 1.98. The molecule has 1 aromatic heterocycles. The van der Waals surface area contributed by atoms with E-state index in [1.54, 1.807) is 0 Å². The molecule has 1 fully saturated rings. The van der Waals surface area contributed by atoms with Crippen LogP contribution < -0.4 is 5.32 Å². The predicted octanol–water partition coefficient (Wildman–Crippen LogP) is 0.673. The van der Waals surface area contributed by atoms with Crippen LogP contribution in [0.25, 0.3) is 0 Å². The van der Waals surface area contributed by atoms with Crippen molar-refractivity contribution in [1.29, 1.82) is 0 Å². The predicted molar refractivity (Wildman–Crippen MR) is 68.4 cm³/mol. The highest BCUT2D eigenvalue weighted by Crippen LogP contribution is 2.01. The van der Waals surface area contributed by atoms with Crippen LogP contribution in [0.5, 0.6) is 0 Å². The number of hydrogen-bond donors (Lipinski definition) is 1. The molecule has 1 aliphatic heterocycles. The van der Waals surface area contributed by atoms with Crippen molar-refractivity contribution in [2.75, 3.05) is 39.4 Å². The fourth-order valence-electron chi connectivity index (χ4n) is 1.98. The van der Waals surface area contributed by atoms with Crippen molar-refractivity contribution >= 4 is 5.91 Å². The van der Waals surface area contributed by atoms with Gasteiger partial charge in [-0.3, -0.25) is 9.69 Å². The lowest BCUT2D eigenvalue weighted by Crippen LogP contribution is -2.38. The molecule has 0 aliphatic carbocycles. The number of nitrogens with one attached hydrogen (secondary N) is 1. The van der Waals surface area contributed by atoms with Crippen LogP contribution in [0, 0.1) is 5.95 Å². The van der Waals surface area contributed by atoms with Crippen molar-refractivity contribution in [2.24, 2.45) is 0 Å². The van der Waals surface area contributed by atoms with Crippen LogP contribution in [-0.2, 0) is 4.74 Å². The number of carbonyl (C=O) groups excluding carboxylic acids is 1. The van der Waals surface area contributed by atoms with E-state index in [9.17, 15) is 9.18 Å². The molecule has 0 spiro atoms. The summed E-state index contributed by atoms with van der Waals surface area (Å²) in [6, 6.07) is 2.64. The normalized spacial score (nSPS) is 16.3. The van der Waals surface area contributed by atoms with Crippen molar-refractivity contribution < 1.29 is 13.9 Å². The molecule has 2 rings (SSSR count). The van der Waals surface area contributed by atoms with Crippen LogP contribution in [0.2, 0.25) is 0 Å². The Hall–Kier alpha value is -1.53. The molecule has 0 saturated carbocycles. The maximum atomic E-state index is 12.8. The average molecular weight is 267 g/mol. The number of rotatable bonds is 5. The summed E-state index contributed by atoms with van der Waals surface area (Å²) >= 11 is 0. The van der Waals surface area contributed by atoms with Crippen LogP contribution >= 0.6 is 0 Å². The molecule has 19 heavy (non-hydrogen) atoms. The highest BCUT2D eigenvalue weighted by molar-refractivity contribution is 5.93. The van der Waals surface area contributed by atoms with E-state index in [2.05, 4.69) is 15.2 Å². The third kappa shape index (κ3) is 4.57. The molecule has 5 nitrogen and oxygen atoms in total. The zero-order chi connectivity index (χ0) is 13.5. The smallest absolute Gasteiger partial charge is 0.251 e. The molecule has 1 aromatic rings. The minimum absolute atomic E-state index is 0.261. The van der Waals surface area contributed by atoms with E-state index in [1.165, 1.54) is 12.3 Å². The molecule has 0 atom stereocenters. The monoisotopic (exact) mass is 267 g/mol. The minimum atomic E-state index is -0.638. The summed E-state index contributed by atoms with van der Waals surface area (Å²) in [4.78, 5) is 17.4. The minimum Gasteiger partial charge on any atom is -0.379 e. The van der Waals surface area contributed by atoms with Gasteiger partial charge in [-0.05, 0) is 19.0 Å². The highest BCUT2D eigenvalue weighted by Gasteiger charge is 2.10. The second-order valence-electron chi connectivity index (χ2n) is 4.43. The Kier molecular flexibility index (Phi) is 5.23. The molecule has 0 aromatic carbocycles. The molecule has 0 radical (unpaired) electrons. The number of nitrogens with zero attached hydrogens (tertiary/aromatic N) is 2. The van der Waals surface area contributed by atoms with Gasteiger partial charge < -0.3 is 10.1 Å². The van der Waals surface area contributed by atoms with Gasteiger partial charge in [0.05, 0.1) is 13.2 Å². The van der Waals surface area contributed by atoms with Crippen LogP contribution in [0.4, 0.5) is 4.39 Å². The highest BCUT2D eigenvalue weighted by atomic mass is 19.1. The van der Waals surface area contributed by atoms with Crippen molar-refractivity contribution in [2.45, 2.75) is 6.42 Å². The Morgan fingerprint density at radius 2 is 2.26 bits per heavy atom. The van der Waals surface area contributed by atoms with Gasteiger partial charge in [-0.2, -0.15) is 4.39 Å². The van der Waals surface area contributed by atoms with Gasteiger partial charge in [0.15, 0.2) is 0 Å². The van der Waals surface area contributed by atoms with E-state index in [4.69, 9.17) is 4.74 Å². The Balaban J connectivity index is 1.66. The maximum Gasteiger partial charge on any atom is 0.251 e. The van der Waals surface area contributed by atoms with Crippen LogP contribution in [0.1, 0.15) is 16.8 Å². The molecule has 1 aliphatic rings. The number of pyridine rings is 1. The van der Waals surface area contributed by atoms with Crippen molar-refractivity contribution in [1.82, 2.24) is 15.2 Å². The molecule has 1 amide bonds. The number of hydrogen-bond acceptors (Lipinski definition) is 4. The van der Waals surface area contributed by atoms with Crippen molar-refractivity contribution in [3.63, 3.8) is 0 Å². The maximum absolute atomic E-state index is 12.8. The zero-order valence-electron chi connectivity index (χ0n) is 10.8. The Morgan fingerprint density at radius 1 is 1.47 bits per heavy atom. The van der Waals surface area contributed by atoms with Gasteiger partial charge in [-0.25, -0.2) is 4.98 Å². The molecular weight excluding hydrogens is 249 g/mol. The van der Waals surface area contributed by atoms with E-state index < -0.39 is 5.95 Å². The number of halogens is 1. The summed E-state index contributed by atoms with van der Waals surface area (Å²) in [6.07, 6.45) is 2.16. The molecule has 104 valence electrons. The first-order chi connectivity index (χ1) is 9.25. The van der Waals surface area contributed by atoms with Crippen molar-refractivity contribution in [3.05, 3.63) is 29.8 Å². The first-order valence-corrected chi connectivity index (χ1v) is 6.45. The number of morpholine rings is 1. The fraction of sp³-hybridized carbons (Fsp3) is 0.538. The SMILES string of the molecule is O=C(NCCCN1CCOCC1)c1ccnc(F)c1. The number of ether oxygens (including phenoxy) is 1. The molecule has 0 bridgehead atoms.